The number of methoxy groups -OCH3 is 2. The highest BCUT2D eigenvalue weighted by atomic mass is 16.7. The number of esters is 2. The number of hydrogen-bond acceptors (Lipinski definition) is 7. The van der Waals surface area contributed by atoms with Gasteiger partial charge in [-0.2, -0.15) is 0 Å². The number of ether oxygens (including phenoxy) is 5. The van der Waals surface area contributed by atoms with E-state index in [-0.39, 0.29) is 25.4 Å². The van der Waals surface area contributed by atoms with Crippen molar-refractivity contribution in [1.29, 1.82) is 0 Å². The lowest BCUT2D eigenvalue weighted by Gasteiger charge is -2.28. The van der Waals surface area contributed by atoms with Crippen LogP contribution in [0.5, 0.6) is 5.75 Å². The Hall–Kier alpha value is -2.90. The maximum atomic E-state index is 13.2. The first-order valence-electron chi connectivity index (χ1n) is 11.1. The Morgan fingerprint density at radius 2 is 2.09 bits per heavy atom. The van der Waals surface area contributed by atoms with Gasteiger partial charge in [-0.05, 0) is 30.4 Å². The van der Waals surface area contributed by atoms with Crippen LogP contribution in [0.1, 0.15) is 42.1 Å². The quantitative estimate of drug-likeness (QED) is 0.235. The Labute approximate surface area is 196 Å². The number of rotatable bonds is 9. The molecule has 0 radical (unpaired) electrons. The highest BCUT2D eigenvalue weighted by Crippen LogP contribution is 2.28. The van der Waals surface area contributed by atoms with Gasteiger partial charge in [0.25, 0.3) is 0 Å². The Morgan fingerprint density at radius 1 is 1.27 bits per heavy atom. The van der Waals surface area contributed by atoms with Crippen LogP contribution in [0.25, 0.3) is 0 Å². The maximum absolute atomic E-state index is 13.2. The average molecular weight is 459 g/mol. The van der Waals surface area contributed by atoms with E-state index in [2.05, 4.69) is 19.6 Å². The van der Waals surface area contributed by atoms with Gasteiger partial charge in [-0.25, -0.2) is 9.59 Å². The highest BCUT2D eigenvalue weighted by Gasteiger charge is 2.27. The molecule has 1 aliphatic heterocycles. The predicted octanol–water partition coefficient (Wildman–Crippen LogP) is 4.41. The van der Waals surface area contributed by atoms with Crippen LogP contribution in [0.2, 0.25) is 0 Å². The van der Waals surface area contributed by atoms with Gasteiger partial charge in [0.2, 0.25) is 0 Å². The Bertz CT molecular complexity index is 843. The fourth-order valence-corrected chi connectivity index (χ4v) is 3.61. The molecule has 0 saturated heterocycles. The maximum Gasteiger partial charge on any atom is 0.342 e. The van der Waals surface area contributed by atoms with Crippen molar-refractivity contribution in [1.82, 2.24) is 0 Å². The molecule has 1 aromatic carbocycles. The van der Waals surface area contributed by atoms with E-state index in [1.807, 2.05) is 18.2 Å². The van der Waals surface area contributed by atoms with Gasteiger partial charge < -0.3 is 23.7 Å². The van der Waals surface area contributed by atoms with Crippen LogP contribution in [0.3, 0.4) is 0 Å². The molecule has 3 atom stereocenters. The lowest BCUT2D eigenvalue weighted by Crippen LogP contribution is -2.31. The third-order valence-electron chi connectivity index (χ3n) is 5.35. The van der Waals surface area contributed by atoms with Crippen molar-refractivity contribution >= 4 is 11.9 Å². The Balaban J connectivity index is 2.32. The summed E-state index contributed by atoms with van der Waals surface area (Å²) in [7, 11) is 3.10. The van der Waals surface area contributed by atoms with Gasteiger partial charge in [-0.3, -0.25) is 0 Å². The number of allylic oxidation sites excluding steroid dienone is 2. The zero-order valence-electron chi connectivity index (χ0n) is 19.7. The summed E-state index contributed by atoms with van der Waals surface area (Å²) in [6.07, 6.45) is 10.1. The van der Waals surface area contributed by atoms with E-state index in [9.17, 15) is 9.59 Å². The molecule has 0 saturated carbocycles. The van der Waals surface area contributed by atoms with Crippen molar-refractivity contribution < 1.29 is 33.3 Å². The largest absolute Gasteiger partial charge is 0.496 e. The van der Waals surface area contributed by atoms with Crippen LogP contribution in [0.4, 0.5) is 0 Å². The van der Waals surface area contributed by atoms with Crippen molar-refractivity contribution in [2.75, 3.05) is 27.6 Å². The molecule has 33 heavy (non-hydrogen) atoms. The summed E-state index contributed by atoms with van der Waals surface area (Å²) in [5, 5.41) is 0. The second-order valence-electron chi connectivity index (χ2n) is 7.81. The normalized spacial score (nSPS) is 21.4. The standard InChI is InChI=1S/C26H34O7/c1-5-16-31-24(27)15-9-13-21-17-23(32-18-29-3)19(2)10-6-7-11-20-12-8-14-22(30-4)25(20)26(28)33-21/h5-9,12,14-15,19,21,23H,1,10-11,13,16-18H2,2-4H3/t19-,21?,23+/m0/s1. The predicted molar refractivity (Wildman–Crippen MR) is 125 cm³/mol. The van der Waals surface area contributed by atoms with E-state index in [1.54, 1.807) is 19.3 Å². The zero-order chi connectivity index (χ0) is 24.1. The second kappa shape index (κ2) is 14.3. The van der Waals surface area contributed by atoms with Gasteiger partial charge in [0.1, 0.15) is 30.8 Å². The van der Waals surface area contributed by atoms with Crippen LogP contribution in [0.15, 0.2) is 55.2 Å². The van der Waals surface area contributed by atoms with Crippen LogP contribution in [-0.2, 0) is 30.2 Å². The van der Waals surface area contributed by atoms with E-state index < -0.39 is 18.0 Å². The molecule has 1 aromatic rings. The molecule has 0 spiro atoms. The van der Waals surface area contributed by atoms with E-state index in [0.29, 0.717) is 30.6 Å². The van der Waals surface area contributed by atoms with Crippen molar-refractivity contribution in [3.8, 4) is 5.75 Å². The number of fused-ring (bicyclic) bond motifs is 1. The van der Waals surface area contributed by atoms with Gasteiger partial charge >= 0.3 is 11.9 Å². The molecule has 0 fully saturated rings. The second-order valence-corrected chi connectivity index (χ2v) is 7.81. The summed E-state index contributed by atoms with van der Waals surface area (Å²) in [4.78, 5) is 25.0. The summed E-state index contributed by atoms with van der Waals surface area (Å²) in [5.74, 6) is -0.316. The van der Waals surface area contributed by atoms with Crippen LogP contribution in [0, 0.1) is 5.92 Å². The lowest BCUT2D eigenvalue weighted by molar-refractivity contribution is -0.136. The van der Waals surface area contributed by atoms with E-state index in [4.69, 9.17) is 23.7 Å². The number of cyclic esters (lactones) is 1. The molecular weight excluding hydrogens is 424 g/mol. The third kappa shape index (κ3) is 8.51. The van der Waals surface area contributed by atoms with Crippen LogP contribution < -0.4 is 4.74 Å². The van der Waals surface area contributed by atoms with Crippen LogP contribution >= 0.6 is 0 Å². The Kier molecular flexibility index (Phi) is 11.4. The first-order chi connectivity index (χ1) is 16.0. The van der Waals surface area contributed by atoms with Gasteiger partial charge in [0.05, 0.1) is 13.2 Å². The van der Waals surface area contributed by atoms with E-state index in [1.165, 1.54) is 19.3 Å². The minimum Gasteiger partial charge on any atom is -0.496 e. The van der Waals surface area contributed by atoms with Gasteiger partial charge in [0.15, 0.2) is 0 Å². The molecule has 0 aromatic heterocycles. The highest BCUT2D eigenvalue weighted by molar-refractivity contribution is 5.94. The van der Waals surface area contributed by atoms with Crippen molar-refractivity contribution in [3.05, 3.63) is 66.3 Å². The monoisotopic (exact) mass is 458 g/mol. The van der Waals surface area contributed by atoms with Gasteiger partial charge in [0, 0.05) is 26.0 Å². The van der Waals surface area contributed by atoms with Crippen molar-refractivity contribution in [2.24, 2.45) is 5.92 Å². The van der Waals surface area contributed by atoms with E-state index in [0.717, 1.165) is 12.0 Å². The molecule has 0 bridgehead atoms. The lowest BCUT2D eigenvalue weighted by atomic mass is 9.93. The smallest absolute Gasteiger partial charge is 0.342 e. The molecule has 0 amide bonds. The summed E-state index contributed by atoms with van der Waals surface area (Å²) in [6.45, 7) is 5.89. The molecule has 1 aliphatic rings. The number of carbonyl (C=O) groups excluding carboxylic acids is 2. The number of carbonyl (C=O) groups is 2. The molecule has 7 nitrogen and oxygen atoms in total. The minimum absolute atomic E-state index is 0.135. The van der Waals surface area contributed by atoms with E-state index >= 15 is 0 Å². The van der Waals surface area contributed by atoms with Gasteiger partial charge in [-0.15, -0.1) is 0 Å². The molecule has 7 heteroatoms. The molecule has 1 unspecified atom stereocenters. The minimum atomic E-state index is -0.522. The van der Waals surface area contributed by atoms with Gasteiger partial charge in [-0.1, -0.05) is 49.9 Å². The molecule has 180 valence electrons. The third-order valence-corrected chi connectivity index (χ3v) is 5.35. The molecule has 0 N–H and O–H groups in total. The molecule has 2 rings (SSSR count). The molecular formula is C26H34O7. The SMILES string of the molecule is C=CCOC(=O)C=CCC1C[C@@H](OCOC)[C@@H](C)CC=CCc2cccc(OC)c2C(=O)O1. The molecule has 0 aliphatic carbocycles. The summed E-state index contributed by atoms with van der Waals surface area (Å²) in [5.41, 5.74) is 1.24. The topological polar surface area (TPSA) is 80.3 Å². The number of benzene rings is 1. The molecule has 1 heterocycles. The number of hydrogen-bond donors (Lipinski definition) is 0. The van der Waals surface area contributed by atoms with Crippen molar-refractivity contribution in [3.63, 3.8) is 0 Å². The zero-order valence-corrected chi connectivity index (χ0v) is 19.7. The fraction of sp³-hybridized carbons (Fsp3) is 0.462. The summed E-state index contributed by atoms with van der Waals surface area (Å²) >= 11 is 0. The summed E-state index contributed by atoms with van der Waals surface area (Å²) in [6, 6.07) is 5.50. The first-order valence-corrected chi connectivity index (χ1v) is 11.1. The first kappa shape index (κ1) is 26.4. The average Bonchev–Trinajstić information content (AvgIpc) is 2.81. The van der Waals surface area contributed by atoms with Crippen LogP contribution in [-0.4, -0.2) is 51.8 Å². The van der Waals surface area contributed by atoms with Crippen molar-refractivity contribution in [2.45, 2.75) is 44.8 Å². The summed E-state index contributed by atoms with van der Waals surface area (Å²) < 4.78 is 27.3. The Morgan fingerprint density at radius 3 is 2.82 bits per heavy atom. The fourth-order valence-electron chi connectivity index (χ4n) is 3.61.